The molecule has 0 aromatic carbocycles. The van der Waals surface area contributed by atoms with Gasteiger partial charge < -0.3 is 28.6 Å². The molecule has 230 valence electrons. The Hall–Kier alpha value is -1.86. The highest BCUT2D eigenvalue weighted by atomic mass is 31.2. The summed E-state index contributed by atoms with van der Waals surface area (Å²) < 4.78 is 29.5. The van der Waals surface area contributed by atoms with E-state index in [0.29, 0.717) is 6.42 Å². The van der Waals surface area contributed by atoms with Crippen molar-refractivity contribution in [3.8, 4) is 0 Å². The number of unbranched alkanes of at least 4 members (excludes halogenated alkanes) is 1. The maximum Gasteiger partial charge on any atom is 0.469 e. The van der Waals surface area contributed by atoms with E-state index >= 15 is 0 Å². The Morgan fingerprint density at radius 1 is 1.15 bits per heavy atom. The first-order valence-electron chi connectivity index (χ1n) is 14.3. The summed E-state index contributed by atoms with van der Waals surface area (Å²) in [6.07, 6.45) is 1.43. The third-order valence-corrected chi connectivity index (χ3v) is 8.42. The van der Waals surface area contributed by atoms with Gasteiger partial charge in [-0.15, -0.1) is 0 Å². The minimum absolute atomic E-state index is 0.0600. The summed E-state index contributed by atoms with van der Waals surface area (Å²) in [5, 5.41) is 0. The Bertz CT molecular complexity index is 1090. The Labute approximate surface area is 236 Å². The summed E-state index contributed by atoms with van der Waals surface area (Å²) in [6.45, 7) is 17.1. The summed E-state index contributed by atoms with van der Waals surface area (Å²) in [5.41, 5.74) is -0.942. The first-order valence-corrected chi connectivity index (χ1v) is 15.8. The predicted octanol–water partition coefficient (Wildman–Crippen LogP) is 1.91. The highest BCUT2D eigenvalue weighted by Gasteiger charge is 2.40. The SMILES string of the molecule is CCN(CC)CCC[N+](CC)(CC)CCCCC(=O)OC1CC(n2cc(C)c(=O)[nH]c2=O)OC1COP(=O)(O)O. The number of aryl methyl sites for hydroxylation is 1. The van der Waals surface area contributed by atoms with Gasteiger partial charge in [0.05, 0.1) is 32.8 Å². The van der Waals surface area contributed by atoms with E-state index in [-0.39, 0.29) is 18.4 Å². The Balaban J connectivity index is 1.95. The number of nitrogens with one attached hydrogen (secondary N) is 1. The number of H-pyrrole nitrogens is 1. The minimum atomic E-state index is -4.80. The molecule has 0 spiro atoms. The topological polar surface area (TPSA) is 160 Å². The fourth-order valence-corrected chi connectivity index (χ4v) is 5.54. The van der Waals surface area contributed by atoms with E-state index in [1.807, 2.05) is 0 Å². The van der Waals surface area contributed by atoms with Crippen LogP contribution in [0, 0.1) is 6.92 Å². The highest BCUT2D eigenvalue weighted by Crippen LogP contribution is 2.38. The van der Waals surface area contributed by atoms with Crippen LogP contribution in [0.1, 0.15) is 71.6 Å². The molecule has 3 unspecified atom stereocenters. The average molecular weight is 592 g/mol. The quantitative estimate of drug-likeness (QED) is 0.0996. The fraction of sp³-hybridized carbons (Fsp3) is 0.808. The normalized spacial score (nSPS) is 19.9. The van der Waals surface area contributed by atoms with Gasteiger partial charge in [0.1, 0.15) is 18.4 Å². The molecule has 1 fully saturated rings. The van der Waals surface area contributed by atoms with Gasteiger partial charge in [0, 0.05) is 37.6 Å². The maximum absolute atomic E-state index is 12.7. The number of esters is 1. The maximum atomic E-state index is 12.7. The van der Waals surface area contributed by atoms with Crippen molar-refractivity contribution in [3.63, 3.8) is 0 Å². The van der Waals surface area contributed by atoms with Gasteiger partial charge in [0.2, 0.25) is 0 Å². The molecule has 2 heterocycles. The Morgan fingerprint density at radius 2 is 1.80 bits per heavy atom. The number of hydrogen-bond donors (Lipinski definition) is 3. The molecule has 2 rings (SSSR count). The molecule has 0 amide bonds. The zero-order valence-corrected chi connectivity index (χ0v) is 25.4. The van der Waals surface area contributed by atoms with E-state index in [4.69, 9.17) is 19.3 Å². The Morgan fingerprint density at radius 3 is 2.40 bits per heavy atom. The molecule has 13 nitrogen and oxygen atoms in total. The standard InChI is InChI=1S/C26H47N4O9P/c1-6-28(7-2)14-12-16-30(8-3,9-4)15-11-10-13-24(31)39-21-17-23(38-22(21)19-37-40(34,35)36)29-18-20(5)25(32)27-26(29)33/h18,21-23H,6-17,19H2,1-5H3,(H2-,27,32,33,34,35,36)/p+1. The van der Waals surface area contributed by atoms with E-state index in [0.717, 1.165) is 63.1 Å². The molecule has 1 aliphatic rings. The number of hydrogen-bond acceptors (Lipinski definition) is 8. The molecule has 0 bridgehead atoms. The molecule has 40 heavy (non-hydrogen) atoms. The first kappa shape index (κ1) is 34.3. The van der Waals surface area contributed by atoms with Crippen LogP contribution in [-0.4, -0.2) is 99.3 Å². The molecule has 1 aromatic rings. The summed E-state index contributed by atoms with van der Waals surface area (Å²) >= 11 is 0. The summed E-state index contributed by atoms with van der Waals surface area (Å²) in [7, 11) is -4.80. The molecule has 1 aromatic heterocycles. The van der Waals surface area contributed by atoms with E-state index in [1.54, 1.807) is 0 Å². The van der Waals surface area contributed by atoms with Crippen molar-refractivity contribution in [1.82, 2.24) is 14.5 Å². The van der Waals surface area contributed by atoms with Gasteiger partial charge in [-0.05, 0) is 46.7 Å². The van der Waals surface area contributed by atoms with Gasteiger partial charge in [-0.25, -0.2) is 9.36 Å². The predicted molar refractivity (Wildman–Crippen MR) is 150 cm³/mol. The molecule has 1 saturated heterocycles. The number of carbonyl (C=O) groups excluding carboxylic acids is 1. The lowest BCUT2D eigenvalue weighted by molar-refractivity contribution is -0.925. The summed E-state index contributed by atoms with van der Waals surface area (Å²) in [4.78, 5) is 59.7. The number of phosphoric acid groups is 1. The number of ether oxygens (including phenoxy) is 2. The van der Waals surface area contributed by atoms with Gasteiger partial charge in [0.25, 0.3) is 5.56 Å². The molecule has 0 saturated carbocycles. The molecule has 1 aliphatic heterocycles. The van der Waals surface area contributed by atoms with E-state index in [2.05, 4.69) is 42.1 Å². The molecular formula is C26H48N4O9P+. The van der Waals surface area contributed by atoms with Crippen LogP contribution in [0.4, 0.5) is 0 Å². The number of aromatic nitrogens is 2. The third kappa shape index (κ3) is 10.5. The van der Waals surface area contributed by atoms with Crippen molar-refractivity contribution < 1.29 is 37.6 Å². The monoisotopic (exact) mass is 591 g/mol. The molecule has 3 atom stereocenters. The zero-order valence-electron chi connectivity index (χ0n) is 24.5. The number of phosphoric ester groups is 1. The van der Waals surface area contributed by atoms with Crippen LogP contribution in [0.5, 0.6) is 0 Å². The lowest BCUT2D eigenvalue weighted by atomic mass is 10.1. The van der Waals surface area contributed by atoms with Crippen LogP contribution in [0.3, 0.4) is 0 Å². The van der Waals surface area contributed by atoms with Gasteiger partial charge >= 0.3 is 19.5 Å². The third-order valence-electron chi connectivity index (χ3n) is 7.93. The van der Waals surface area contributed by atoms with Crippen LogP contribution in [0.15, 0.2) is 15.8 Å². The molecular weight excluding hydrogens is 543 g/mol. The number of aromatic amines is 1. The smallest absolute Gasteiger partial charge is 0.459 e. The van der Waals surface area contributed by atoms with Crippen LogP contribution >= 0.6 is 7.82 Å². The number of carbonyl (C=O) groups is 1. The largest absolute Gasteiger partial charge is 0.469 e. The number of nitrogens with zero attached hydrogens (tertiary/aromatic N) is 3. The van der Waals surface area contributed by atoms with Crippen molar-refractivity contribution in [2.45, 2.75) is 85.2 Å². The molecule has 3 N–H and O–H groups in total. The van der Waals surface area contributed by atoms with Gasteiger partial charge in [0.15, 0.2) is 0 Å². The van der Waals surface area contributed by atoms with E-state index in [1.165, 1.54) is 17.7 Å². The lowest BCUT2D eigenvalue weighted by Crippen LogP contribution is -2.49. The van der Waals surface area contributed by atoms with Gasteiger partial charge in [-0.2, -0.15) is 0 Å². The summed E-state index contributed by atoms with van der Waals surface area (Å²) in [6, 6.07) is 0. The molecule has 0 radical (unpaired) electrons. The van der Waals surface area contributed by atoms with Crippen molar-refractivity contribution >= 4 is 13.8 Å². The Kier molecular flexibility index (Phi) is 13.7. The lowest BCUT2D eigenvalue weighted by Gasteiger charge is -2.37. The first-order chi connectivity index (χ1) is 18.9. The van der Waals surface area contributed by atoms with Crippen molar-refractivity contribution in [3.05, 3.63) is 32.6 Å². The van der Waals surface area contributed by atoms with Crippen molar-refractivity contribution in [2.24, 2.45) is 0 Å². The zero-order chi connectivity index (χ0) is 29.9. The highest BCUT2D eigenvalue weighted by molar-refractivity contribution is 7.46. The molecule has 14 heteroatoms. The van der Waals surface area contributed by atoms with Crippen molar-refractivity contribution in [1.29, 1.82) is 0 Å². The van der Waals surface area contributed by atoms with E-state index in [9.17, 15) is 18.9 Å². The van der Waals surface area contributed by atoms with Crippen LogP contribution in [0.2, 0.25) is 0 Å². The van der Waals surface area contributed by atoms with Crippen LogP contribution in [-0.2, 0) is 23.4 Å². The number of quaternary nitrogens is 1. The van der Waals surface area contributed by atoms with Crippen molar-refractivity contribution in [2.75, 3.05) is 52.4 Å². The van der Waals surface area contributed by atoms with E-state index < -0.39 is 50.1 Å². The van der Waals surface area contributed by atoms with Crippen LogP contribution < -0.4 is 11.2 Å². The summed E-state index contributed by atoms with van der Waals surface area (Å²) in [5.74, 6) is -0.451. The number of rotatable bonds is 18. The second-order valence-corrected chi connectivity index (χ2v) is 11.7. The average Bonchev–Trinajstić information content (AvgIpc) is 3.30. The molecule has 0 aliphatic carbocycles. The second-order valence-electron chi connectivity index (χ2n) is 10.4. The second kappa shape index (κ2) is 16.0. The fourth-order valence-electron chi connectivity index (χ4n) is 5.20. The van der Waals surface area contributed by atoms with Crippen LogP contribution in [0.25, 0.3) is 0 Å². The van der Waals surface area contributed by atoms with Gasteiger partial charge in [-0.1, -0.05) is 13.8 Å². The minimum Gasteiger partial charge on any atom is -0.459 e. The van der Waals surface area contributed by atoms with Gasteiger partial charge in [-0.3, -0.25) is 23.7 Å².